The molecule has 0 bridgehead atoms. The average molecular weight is 762 g/mol. The van der Waals surface area contributed by atoms with Crippen molar-refractivity contribution < 1.29 is 78.8 Å². The van der Waals surface area contributed by atoms with Crippen LogP contribution >= 0.6 is 11.6 Å². The van der Waals surface area contributed by atoms with E-state index in [0.717, 1.165) is 38.8 Å². The number of alkyl halides is 9. The molecule has 0 radical (unpaired) electrons. The third-order valence-corrected chi connectivity index (χ3v) is 6.38. The van der Waals surface area contributed by atoms with Crippen molar-refractivity contribution in [3.05, 3.63) is 23.4 Å². The number of hydrogen-bond donors (Lipinski definition) is 5. The second-order valence-electron chi connectivity index (χ2n) is 9.87. The smallest absolute Gasteiger partial charge is 0.475 e. The zero-order valence-electron chi connectivity index (χ0n) is 25.2. The van der Waals surface area contributed by atoms with E-state index in [4.69, 9.17) is 52.4 Å². The van der Waals surface area contributed by atoms with Crippen molar-refractivity contribution in [3.8, 4) is 6.07 Å². The summed E-state index contributed by atoms with van der Waals surface area (Å²) in [4.78, 5) is 59.1. The Balaban J connectivity index is 0.000000928. The molecule has 50 heavy (non-hydrogen) atoms. The summed E-state index contributed by atoms with van der Waals surface area (Å²) in [6.07, 6.45) is -10.6. The summed E-state index contributed by atoms with van der Waals surface area (Å²) >= 11 is 5.79. The molecule has 1 unspecified atom stereocenters. The molecule has 282 valence electrons. The van der Waals surface area contributed by atoms with Crippen molar-refractivity contribution in [1.82, 2.24) is 19.8 Å². The number of pyridine rings is 1. The predicted octanol–water partition coefficient (Wildman–Crippen LogP) is 2.73. The number of hydrogen-bond acceptors (Lipinski definition) is 10. The number of rotatable bonds is 6. The van der Waals surface area contributed by atoms with Crippen LogP contribution in [0.4, 0.5) is 45.3 Å². The Kier molecular flexibility index (Phi) is 18.5. The Hall–Kier alpha value is -4.47. The van der Waals surface area contributed by atoms with Crippen LogP contribution in [-0.4, -0.2) is 128 Å². The van der Waals surface area contributed by atoms with Crippen LogP contribution in [0.3, 0.4) is 0 Å². The molecule has 2 aliphatic rings. The number of carboxylic acid groups (broad SMARTS) is 3. The first kappa shape index (κ1) is 45.5. The SMILES string of the molecule is N#CC1CCCN1C(=O)CN(N)C1CCN(CC(=O)Nc2ccc(Cl)cn2)CC1.O=C(O)C(F)(F)F.O=C(O)C(F)(F)F.O=C(O)C(F)(F)F. The summed E-state index contributed by atoms with van der Waals surface area (Å²) in [7, 11) is 0. The van der Waals surface area contributed by atoms with Crippen molar-refractivity contribution in [2.75, 3.05) is 38.0 Å². The van der Waals surface area contributed by atoms with Crippen molar-refractivity contribution in [2.45, 2.75) is 56.3 Å². The van der Waals surface area contributed by atoms with Crippen LogP contribution < -0.4 is 11.2 Å². The minimum absolute atomic E-state index is 0.0827. The number of carbonyl (C=O) groups excluding carboxylic acids is 2. The van der Waals surface area contributed by atoms with Gasteiger partial charge in [-0.3, -0.25) is 20.3 Å². The van der Waals surface area contributed by atoms with Crippen LogP contribution in [-0.2, 0) is 24.0 Å². The number of carboxylic acids is 3. The molecule has 1 aromatic heterocycles. The van der Waals surface area contributed by atoms with E-state index in [1.807, 2.05) is 0 Å². The Morgan fingerprint density at radius 3 is 1.74 bits per heavy atom. The van der Waals surface area contributed by atoms with Crippen LogP contribution in [0.15, 0.2) is 18.3 Å². The van der Waals surface area contributed by atoms with Gasteiger partial charge in [-0.15, -0.1) is 0 Å². The van der Waals surface area contributed by atoms with E-state index >= 15 is 0 Å². The first-order chi connectivity index (χ1) is 22.8. The van der Waals surface area contributed by atoms with Crippen LogP contribution in [0.5, 0.6) is 0 Å². The number of nitriles is 1. The summed E-state index contributed by atoms with van der Waals surface area (Å²) in [5.41, 5.74) is 0. The molecule has 3 heterocycles. The first-order valence-corrected chi connectivity index (χ1v) is 13.9. The van der Waals surface area contributed by atoms with Crippen LogP contribution in [0.2, 0.25) is 5.02 Å². The van der Waals surface area contributed by atoms with E-state index in [1.54, 1.807) is 22.0 Å². The maximum absolute atomic E-state index is 12.4. The maximum atomic E-state index is 12.4. The molecule has 1 atom stereocenters. The average Bonchev–Trinajstić information content (AvgIpc) is 3.47. The van der Waals surface area contributed by atoms with Crippen molar-refractivity contribution in [2.24, 2.45) is 5.84 Å². The molecular formula is C25H29ClF9N7O8. The molecule has 0 saturated carbocycles. The van der Waals surface area contributed by atoms with Crippen molar-refractivity contribution in [1.29, 1.82) is 5.26 Å². The number of aromatic nitrogens is 1. The molecule has 2 saturated heterocycles. The molecule has 6 N–H and O–H groups in total. The Morgan fingerprint density at radius 2 is 1.36 bits per heavy atom. The summed E-state index contributed by atoms with van der Waals surface area (Å²) in [6.45, 7) is 2.46. The van der Waals surface area contributed by atoms with E-state index < -0.39 is 36.4 Å². The van der Waals surface area contributed by atoms with E-state index in [9.17, 15) is 49.1 Å². The lowest BCUT2D eigenvalue weighted by molar-refractivity contribution is -0.193. The topological polar surface area (TPSA) is 230 Å². The van der Waals surface area contributed by atoms with E-state index in [2.05, 4.69) is 21.3 Å². The van der Waals surface area contributed by atoms with Gasteiger partial charge in [-0.25, -0.2) is 24.4 Å². The third-order valence-electron chi connectivity index (χ3n) is 6.16. The number of nitrogens with one attached hydrogen (secondary N) is 1. The number of piperidine rings is 1. The molecule has 15 nitrogen and oxygen atoms in total. The van der Waals surface area contributed by atoms with Gasteiger partial charge in [-0.05, 0) is 37.8 Å². The highest BCUT2D eigenvalue weighted by molar-refractivity contribution is 6.30. The number of amides is 2. The highest BCUT2D eigenvalue weighted by Gasteiger charge is 2.39. The number of halogens is 10. The van der Waals surface area contributed by atoms with Gasteiger partial charge in [0, 0.05) is 31.9 Å². The Labute approximate surface area is 280 Å². The predicted molar refractivity (Wildman–Crippen MR) is 150 cm³/mol. The largest absolute Gasteiger partial charge is 0.490 e. The summed E-state index contributed by atoms with van der Waals surface area (Å²) in [6, 6.07) is 5.27. The summed E-state index contributed by atoms with van der Waals surface area (Å²) in [5.74, 6) is -1.87. The van der Waals surface area contributed by atoms with Gasteiger partial charge < -0.3 is 25.5 Å². The molecule has 0 aromatic carbocycles. The first-order valence-electron chi connectivity index (χ1n) is 13.5. The van der Waals surface area contributed by atoms with Gasteiger partial charge in [0.05, 0.1) is 24.2 Å². The van der Waals surface area contributed by atoms with Gasteiger partial charge in [-0.1, -0.05) is 11.6 Å². The van der Waals surface area contributed by atoms with E-state index in [-0.39, 0.29) is 37.0 Å². The third kappa shape index (κ3) is 18.3. The number of nitrogens with zero attached hydrogens (tertiary/aromatic N) is 5. The monoisotopic (exact) mass is 761 g/mol. The number of hydrazine groups is 1. The number of likely N-dealkylation sites (tertiary alicyclic amines) is 2. The van der Waals surface area contributed by atoms with Crippen molar-refractivity contribution >= 4 is 47.1 Å². The molecule has 0 spiro atoms. The minimum atomic E-state index is -5.08. The lowest BCUT2D eigenvalue weighted by atomic mass is 10.0. The van der Waals surface area contributed by atoms with Gasteiger partial charge in [0.25, 0.3) is 0 Å². The molecule has 25 heteroatoms. The van der Waals surface area contributed by atoms with Gasteiger partial charge in [-0.2, -0.15) is 44.8 Å². The van der Waals surface area contributed by atoms with E-state index in [0.29, 0.717) is 17.4 Å². The molecule has 2 aliphatic heterocycles. The number of aliphatic carboxylic acids is 3. The van der Waals surface area contributed by atoms with Gasteiger partial charge in [0.2, 0.25) is 11.8 Å². The molecular weight excluding hydrogens is 733 g/mol. The van der Waals surface area contributed by atoms with Gasteiger partial charge in [0.1, 0.15) is 11.9 Å². The number of carbonyl (C=O) groups is 5. The molecule has 1 aromatic rings. The highest BCUT2D eigenvalue weighted by Crippen LogP contribution is 2.19. The zero-order chi connectivity index (χ0) is 39.0. The fraction of sp³-hybridized carbons (Fsp3) is 0.560. The molecule has 3 rings (SSSR count). The van der Waals surface area contributed by atoms with Gasteiger partial charge >= 0.3 is 36.4 Å². The Bertz CT molecular complexity index is 1280. The fourth-order valence-corrected chi connectivity index (χ4v) is 3.93. The quantitative estimate of drug-likeness (QED) is 0.160. The second-order valence-corrected chi connectivity index (χ2v) is 10.3. The molecule has 2 fully saturated rings. The Morgan fingerprint density at radius 1 is 0.900 bits per heavy atom. The highest BCUT2D eigenvalue weighted by atomic mass is 35.5. The maximum Gasteiger partial charge on any atom is 0.490 e. The number of nitrogens with two attached hydrogens (primary N) is 1. The lowest BCUT2D eigenvalue weighted by Gasteiger charge is -2.36. The standard InChI is InChI=1S/C19H26ClN7O2.3C2HF3O2/c20-14-3-4-17(23-11-14)24-18(28)12-25-8-5-15(6-9-25)27(22)13-19(29)26-7-1-2-16(26)10-21;3*3-2(4,5)1(6)7/h3-4,11,15-16H,1-2,5-9,12-13,22H2,(H,23,24,28);3*(H,6,7). The van der Waals surface area contributed by atoms with Crippen LogP contribution in [0.1, 0.15) is 25.7 Å². The summed E-state index contributed by atoms with van der Waals surface area (Å²) in [5, 5.41) is 35.4. The van der Waals surface area contributed by atoms with E-state index in [1.165, 1.54) is 6.20 Å². The minimum Gasteiger partial charge on any atom is -0.475 e. The second kappa shape index (κ2) is 20.3. The van der Waals surface area contributed by atoms with Crippen LogP contribution in [0, 0.1) is 11.3 Å². The molecule has 2 amide bonds. The number of anilines is 1. The van der Waals surface area contributed by atoms with Gasteiger partial charge in [0.15, 0.2) is 0 Å². The lowest BCUT2D eigenvalue weighted by Crippen LogP contribution is -2.53. The van der Waals surface area contributed by atoms with Crippen LogP contribution in [0.25, 0.3) is 0 Å². The summed E-state index contributed by atoms with van der Waals surface area (Å²) < 4.78 is 95.2. The molecule has 0 aliphatic carbocycles. The normalized spacial score (nSPS) is 16.7. The van der Waals surface area contributed by atoms with Crippen molar-refractivity contribution in [3.63, 3.8) is 0 Å². The fourth-order valence-electron chi connectivity index (χ4n) is 3.82. The zero-order valence-corrected chi connectivity index (χ0v) is 26.0.